The van der Waals surface area contributed by atoms with Gasteiger partial charge in [0.1, 0.15) is 11.4 Å². The maximum Gasteiger partial charge on any atom is 0.154 e. The topological polar surface area (TPSA) is 68.5 Å². The zero-order valence-corrected chi connectivity index (χ0v) is 12.2. The van der Waals surface area contributed by atoms with Gasteiger partial charge in [0.25, 0.3) is 0 Å². The van der Waals surface area contributed by atoms with Gasteiger partial charge in [0, 0.05) is 7.05 Å². The highest BCUT2D eigenvalue weighted by molar-refractivity contribution is 5.69. The molecule has 6 nitrogen and oxygen atoms in total. The molecule has 106 valence electrons. The molecule has 0 saturated heterocycles. The summed E-state index contributed by atoms with van der Waals surface area (Å²) in [6.45, 7) is 3.89. The summed E-state index contributed by atoms with van der Waals surface area (Å²) in [4.78, 5) is 9.19. The second-order valence-corrected chi connectivity index (χ2v) is 4.71. The summed E-state index contributed by atoms with van der Waals surface area (Å²) < 4.78 is 1.76. The SMILES string of the molecule is CNc1nc(C)c(C)nc1-c1cnnn1-c1ccccc1. The molecule has 0 amide bonds. The van der Waals surface area contributed by atoms with E-state index in [4.69, 9.17) is 0 Å². The fourth-order valence-corrected chi connectivity index (χ4v) is 2.11. The third-order valence-corrected chi connectivity index (χ3v) is 3.34. The fourth-order valence-electron chi connectivity index (χ4n) is 2.11. The van der Waals surface area contributed by atoms with E-state index in [0.717, 1.165) is 34.3 Å². The predicted molar refractivity (Wildman–Crippen MR) is 81.4 cm³/mol. The first-order valence-corrected chi connectivity index (χ1v) is 6.70. The summed E-state index contributed by atoms with van der Waals surface area (Å²) in [6.07, 6.45) is 1.70. The highest BCUT2D eigenvalue weighted by Gasteiger charge is 2.16. The molecule has 0 atom stereocenters. The number of nitrogens with zero attached hydrogens (tertiary/aromatic N) is 5. The van der Waals surface area contributed by atoms with E-state index in [1.54, 1.807) is 10.9 Å². The minimum absolute atomic E-state index is 0.720. The van der Waals surface area contributed by atoms with Gasteiger partial charge in [0.15, 0.2) is 5.82 Å². The summed E-state index contributed by atoms with van der Waals surface area (Å²) in [5, 5.41) is 11.3. The molecule has 0 radical (unpaired) electrons. The van der Waals surface area contributed by atoms with Crippen molar-refractivity contribution in [1.29, 1.82) is 0 Å². The molecule has 1 N–H and O–H groups in total. The van der Waals surface area contributed by atoms with Crippen LogP contribution in [0.2, 0.25) is 0 Å². The van der Waals surface area contributed by atoms with Gasteiger partial charge in [-0.1, -0.05) is 23.4 Å². The predicted octanol–water partition coefficient (Wildman–Crippen LogP) is 2.38. The Morgan fingerprint density at radius 2 is 1.71 bits per heavy atom. The van der Waals surface area contributed by atoms with Crippen LogP contribution in [0.25, 0.3) is 17.1 Å². The van der Waals surface area contributed by atoms with Crippen LogP contribution in [0.15, 0.2) is 36.5 Å². The third-order valence-electron chi connectivity index (χ3n) is 3.34. The molecular formula is C15H16N6. The Kier molecular flexibility index (Phi) is 3.35. The monoisotopic (exact) mass is 280 g/mol. The maximum absolute atomic E-state index is 4.65. The van der Waals surface area contributed by atoms with Crippen molar-refractivity contribution < 1.29 is 0 Å². The number of benzene rings is 1. The van der Waals surface area contributed by atoms with Gasteiger partial charge in [-0.3, -0.25) is 0 Å². The van der Waals surface area contributed by atoms with Crippen LogP contribution in [0.4, 0.5) is 5.82 Å². The molecule has 0 aliphatic rings. The Labute approximate surface area is 122 Å². The molecule has 1 aromatic carbocycles. The lowest BCUT2D eigenvalue weighted by Crippen LogP contribution is -2.06. The largest absolute Gasteiger partial charge is 0.371 e. The van der Waals surface area contributed by atoms with E-state index in [-0.39, 0.29) is 0 Å². The molecule has 2 aromatic heterocycles. The van der Waals surface area contributed by atoms with Crippen LogP contribution < -0.4 is 5.32 Å². The molecular weight excluding hydrogens is 264 g/mol. The number of hydrogen-bond donors (Lipinski definition) is 1. The van der Waals surface area contributed by atoms with Crippen LogP contribution in [0.1, 0.15) is 11.4 Å². The van der Waals surface area contributed by atoms with Crippen molar-refractivity contribution in [3.8, 4) is 17.1 Å². The van der Waals surface area contributed by atoms with Crippen LogP contribution in [-0.4, -0.2) is 32.0 Å². The van der Waals surface area contributed by atoms with Crippen molar-refractivity contribution in [2.45, 2.75) is 13.8 Å². The number of anilines is 1. The number of para-hydroxylation sites is 1. The lowest BCUT2D eigenvalue weighted by Gasteiger charge is -2.11. The first kappa shape index (κ1) is 13.2. The van der Waals surface area contributed by atoms with Crippen LogP contribution in [-0.2, 0) is 0 Å². The van der Waals surface area contributed by atoms with Crippen molar-refractivity contribution >= 4 is 5.82 Å². The average Bonchev–Trinajstić information content (AvgIpc) is 2.99. The molecule has 0 saturated carbocycles. The first-order chi connectivity index (χ1) is 10.2. The number of hydrogen-bond acceptors (Lipinski definition) is 5. The van der Waals surface area contributed by atoms with Gasteiger partial charge in [-0.2, -0.15) is 0 Å². The van der Waals surface area contributed by atoms with E-state index in [1.807, 2.05) is 51.2 Å². The number of rotatable bonds is 3. The van der Waals surface area contributed by atoms with Crippen LogP contribution >= 0.6 is 0 Å². The molecule has 3 aromatic rings. The Morgan fingerprint density at radius 3 is 2.43 bits per heavy atom. The van der Waals surface area contributed by atoms with Gasteiger partial charge >= 0.3 is 0 Å². The lowest BCUT2D eigenvalue weighted by molar-refractivity contribution is 0.805. The van der Waals surface area contributed by atoms with Crippen LogP contribution in [0.5, 0.6) is 0 Å². The summed E-state index contributed by atoms with van der Waals surface area (Å²) in [6, 6.07) is 9.85. The number of aryl methyl sites for hydroxylation is 2. The standard InChI is InChI=1S/C15H16N6/c1-10-11(2)19-15(16-3)14(18-10)13-9-17-20-21(13)12-7-5-4-6-8-12/h4-9H,1-3H3,(H,16,19). The lowest BCUT2D eigenvalue weighted by atomic mass is 10.2. The Hall–Kier alpha value is -2.76. The molecule has 0 spiro atoms. The van der Waals surface area contributed by atoms with Crippen molar-refractivity contribution in [2.75, 3.05) is 12.4 Å². The minimum atomic E-state index is 0.720. The van der Waals surface area contributed by atoms with Gasteiger partial charge in [0.2, 0.25) is 0 Å². The van der Waals surface area contributed by atoms with Crippen molar-refractivity contribution in [1.82, 2.24) is 25.0 Å². The van der Waals surface area contributed by atoms with Crippen molar-refractivity contribution in [3.63, 3.8) is 0 Å². The Bertz CT molecular complexity index is 763. The van der Waals surface area contributed by atoms with Crippen LogP contribution in [0.3, 0.4) is 0 Å². The second kappa shape index (κ2) is 5.32. The molecule has 2 heterocycles. The fraction of sp³-hybridized carbons (Fsp3) is 0.200. The van der Waals surface area contributed by atoms with E-state index < -0.39 is 0 Å². The van der Waals surface area contributed by atoms with Gasteiger partial charge in [-0.15, -0.1) is 5.10 Å². The summed E-state index contributed by atoms with van der Waals surface area (Å²) >= 11 is 0. The third kappa shape index (κ3) is 2.35. The van der Waals surface area contributed by atoms with E-state index in [0.29, 0.717) is 0 Å². The van der Waals surface area contributed by atoms with Gasteiger partial charge in [-0.25, -0.2) is 14.6 Å². The number of aromatic nitrogens is 5. The minimum Gasteiger partial charge on any atom is -0.371 e. The highest BCUT2D eigenvalue weighted by atomic mass is 15.4. The average molecular weight is 280 g/mol. The summed E-state index contributed by atoms with van der Waals surface area (Å²) in [5.74, 6) is 0.720. The molecule has 3 rings (SSSR count). The zero-order valence-electron chi connectivity index (χ0n) is 12.2. The van der Waals surface area contributed by atoms with Gasteiger partial charge in [0.05, 0.1) is 23.3 Å². The van der Waals surface area contributed by atoms with Crippen molar-refractivity contribution in [2.24, 2.45) is 0 Å². The summed E-state index contributed by atoms with van der Waals surface area (Å²) in [7, 11) is 1.83. The van der Waals surface area contributed by atoms with Crippen LogP contribution in [0, 0.1) is 13.8 Å². The van der Waals surface area contributed by atoms with Gasteiger partial charge in [-0.05, 0) is 26.0 Å². The second-order valence-electron chi connectivity index (χ2n) is 4.71. The zero-order chi connectivity index (χ0) is 14.8. The van der Waals surface area contributed by atoms with E-state index >= 15 is 0 Å². The molecule has 0 aliphatic heterocycles. The van der Waals surface area contributed by atoms with E-state index in [1.165, 1.54) is 0 Å². The first-order valence-electron chi connectivity index (χ1n) is 6.70. The van der Waals surface area contributed by atoms with Crippen molar-refractivity contribution in [3.05, 3.63) is 47.9 Å². The summed E-state index contributed by atoms with van der Waals surface area (Å²) in [5.41, 5.74) is 4.29. The van der Waals surface area contributed by atoms with E-state index in [2.05, 4.69) is 25.6 Å². The Balaban J connectivity index is 2.19. The van der Waals surface area contributed by atoms with Gasteiger partial charge < -0.3 is 5.32 Å². The smallest absolute Gasteiger partial charge is 0.154 e. The molecule has 0 fully saturated rings. The normalized spacial score (nSPS) is 10.6. The molecule has 0 unspecified atom stereocenters. The number of nitrogens with one attached hydrogen (secondary N) is 1. The molecule has 0 aliphatic carbocycles. The Morgan fingerprint density at radius 1 is 1.00 bits per heavy atom. The molecule has 6 heteroatoms. The molecule has 0 bridgehead atoms. The van der Waals surface area contributed by atoms with E-state index in [9.17, 15) is 0 Å². The molecule has 21 heavy (non-hydrogen) atoms. The maximum atomic E-state index is 4.65. The highest BCUT2D eigenvalue weighted by Crippen LogP contribution is 2.26. The quantitative estimate of drug-likeness (QED) is 0.797.